The van der Waals surface area contributed by atoms with Gasteiger partial charge in [-0.15, -0.1) is 0 Å². The molecule has 32 heavy (non-hydrogen) atoms. The molecule has 0 radical (unpaired) electrons. The minimum absolute atomic E-state index is 0.0608. The third kappa shape index (κ3) is 4.44. The van der Waals surface area contributed by atoms with E-state index in [-0.39, 0.29) is 12.3 Å². The molecule has 1 heterocycles. The number of aryl methyl sites for hydroxylation is 1. The minimum atomic E-state index is 0.0608. The fraction of sp³-hybridized carbons (Fsp3) is 0.607. The first-order valence-corrected chi connectivity index (χ1v) is 12.6. The van der Waals surface area contributed by atoms with Gasteiger partial charge in [0, 0.05) is 6.04 Å². The molecule has 172 valence electrons. The van der Waals surface area contributed by atoms with Crippen LogP contribution in [0.15, 0.2) is 42.0 Å². The van der Waals surface area contributed by atoms with Crippen molar-refractivity contribution in [1.82, 2.24) is 15.8 Å². The van der Waals surface area contributed by atoms with Crippen molar-refractivity contribution < 1.29 is 0 Å². The molecule has 2 aliphatic carbocycles. The van der Waals surface area contributed by atoms with Gasteiger partial charge < -0.3 is 0 Å². The van der Waals surface area contributed by atoms with Crippen LogP contribution in [0.1, 0.15) is 82.7 Å². The van der Waals surface area contributed by atoms with Crippen LogP contribution < -0.4 is 10.9 Å². The number of nitrogens with zero attached hydrogens (tertiary/aromatic N) is 2. The van der Waals surface area contributed by atoms with Crippen LogP contribution in [-0.2, 0) is 0 Å². The lowest BCUT2D eigenvalue weighted by Gasteiger charge is -2.47. The Kier molecular flexibility index (Phi) is 7.20. The minimum Gasteiger partial charge on any atom is -0.259 e. The second-order valence-electron chi connectivity index (χ2n) is 10.6. The van der Waals surface area contributed by atoms with Gasteiger partial charge in [-0.05, 0) is 86.0 Å². The first-order chi connectivity index (χ1) is 15.4. The van der Waals surface area contributed by atoms with E-state index in [1.54, 1.807) is 5.57 Å². The summed E-state index contributed by atoms with van der Waals surface area (Å²) in [6.07, 6.45) is 13.5. The molecule has 0 saturated carbocycles. The normalized spacial score (nSPS) is 31.2. The van der Waals surface area contributed by atoms with Gasteiger partial charge >= 0.3 is 0 Å². The molecule has 4 nitrogen and oxygen atoms in total. The lowest BCUT2D eigenvalue weighted by molar-refractivity contribution is 0.0412. The van der Waals surface area contributed by atoms with E-state index in [1.165, 1.54) is 30.4 Å². The van der Waals surface area contributed by atoms with E-state index >= 15 is 0 Å². The summed E-state index contributed by atoms with van der Waals surface area (Å²) in [6, 6.07) is 8.89. The van der Waals surface area contributed by atoms with E-state index in [0.29, 0.717) is 29.7 Å². The highest BCUT2D eigenvalue weighted by atomic mass is 15.6. The van der Waals surface area contributed by atoms with Gasteiger partial charge in [-0.1, -0.05) is 57.6 Å². The molecular formula is C28H40N4. The van der Waals surface area contributed by atoms with Gasteiger partial charge in [0.15, 0.2) is 0 Å². The van der Waals surface area contributed by atoms with Gasteiger partial charge in [-0.25, -0.2) is 10.9 Å². The summed E-state index contributed by atoms with van der Waals surface area (Å²) in [5, 5.41) is 9.58. The number of benzene rings is 1. The van der Waals surface area contributed by atoms with E-state index in [9.17, 15) is 5.26 Å². The van der Waals surface area contributed by atoms with Gasteiger partial charge in [0.1, 0.15) is 6.17 Å². The number of nitrogens with one attached hydrogen (secondary N) is 2. The predicted molar refractivity (Wildman–Crippen MR) is 131 cm³/mol. The third-order valence-corrected chi connectivity index (χ3v) is 7.92. The van der Waals surface area contributed by atoms with E-state index < -0.39 is 0 Å². The maximum Gasteiger partial charge on any atom is 0.101 e. The summed E-state index contributed by atoms with van der Waals surface area (Å²) in [4.78, 5) is 2.77. The SMILES string of the molecule is Cc1ccc(C#N)cc1C1NNC(C2CC=CCC2)N1C1C(C(C)C)=CCCC1C(C)C. The van der Waals surface area contributed by atoms with Crippen molar-refractivity contribution in [3.05, 3.63) is 58.7 Å². The molecule has 2 N–H and O–H groups in total. The van der Waals surface area contributed by atoms with Crippen molar-refractivity contribution in [2.24, 2.45) is 23.7 Å². The Morgan fingerprint density at radius 1 is 1.06 bits per heavy atom. The van der Waals surface area contributed by atoms with Crippen LogP contribution in [0.2, 0.25) is 0 Å². The number of rotatable bonds is 5. The van der Waals surface area contributed by atoms with Crippen LogP contribution in [0.5, 0.6) is 0 Å². The second kappa shape index (κ2) is 9.91. The molecule has 3 aliphatic rings. The highest BCUT2D eigenvalue weighted by Gasteiger charge is 2.47. The first-order valence-electron chi connectivity index (χ1n) is 12.6. The topological polar surface area (TPSA) is 51.1 Å². The average molecular weight is 433 g/mol. The van der Waals surface area contributed by atoms with E-state index in [1.807, 2.05) is 6.07 Å². The summed E-state index contributed by atoms with van der Waals surface area (Å²) < 4.78 is 0. The third-order valence-electron chi connectivity index (χ3n) is 7.92. The van der Waals surface area contributed by atoms with Gasteiger partial charge in [0.25, 0.3) is 0 Å². The molecule has 0 bridgehead atoms. The molecule has 1 fully saturated rings. The van der Waals surface area contributed by atoms with E-state index in [2.05, 4.69) is 86.8 Å². The van der Waals surface area contributed by atoms with Crippen molar-refractivity contribution in [1.29, 1.82) is 5.26 Å². The Balaban J connectivity index is 1.82. The van der Waals surface area contributed by atoms with Crippen molar-refractivity contribution in [2.75, 3.05) is 0 Å². The molecule has 1 aromatic rings. The Morgan fingerprint density at radius 3 is 2.53 bits per heavy atom. The molecule has 5 unspecified atom stereocenters. The maximum absolute atomic E-state index is 9.58. The van der Waals surface area contributed by atoms with Crippen molar-refractivity contribution in [3.8, 4) is 6.07 Å². The second-order valence-corrected chi connectivity index (χ2v) is 10.6. The molecule has 0 spiro atoms. The van der Waals surface area contributed by atoms with Gasteiger partial charge in [0.05, 0.1) is 17.8 Å². The first kappa shape index (κ1) is 23.2. The maximum atomic E-state index is 9.58. The van der Waals surface area contributed by atoms with Crippen molar-refractivity contribution in [2.45, 2.75) is 85.1 Å². The fourth-order valence-corrected chi connectivity index (χ4v) is 6.15. The number of hydrazine groups is 1. The van der Waals surface area contributed by atoms with Crippen LogP contribution in [0.4, 0.5) is 0 Å². The number of hydrogen-bond acceptors (Lipinski definition) is 4. The van der Waals surface area contributed by atoms with Gasteiger partial charge in [-0.2, -0.15) is 5.26 Å². The molecule has 0 aromatic heterocycles. The fourth-order valence-electron chi connectivity index (χ4n) is 6.15. The summed E-state index contributed by atoms with van der Waals surface area (Å²) >= 11 is 0. The zero-order chi connectivity index (χ0) is 22.8. The molecule has 1 saturated heterocycles. The monoisotopic (exact) mass is 432 g/mol. The predicted octanol–water partition coefficient (Wildman–Crippen LogP) is 5.97. The molecule has 4 rings (SSSR count). The highest BCUT2D eigenvalue weighted by molar-refractivity contribution is 5.40. The molecule has 5 atom stereocenters. The van der Waals surface area contributed by atoms with Crippen LogP contribution in [0.3, 0.4) is 0 Å². The standard InChI is InChI=1S/C28H40N4/c1-18(2)23-12-9-13-24(19(3)4)26(23)32-27(22-10-7-6-8-11-22)30-31-28(32)25-16-21(17-29)15-14-20(25)5/h6-7,12,14-16,18-19,22,24,26-28,30-31H,8-11,13H2,1-5H3. The molecule has 0 amide bonds. The van der Waals surface area contributed by atoms with E-state index in [0.717, 1.165) is 18.4 Å². The smallest absolute Gasteiger partial charge is 0.101 e. The number of hydrogen-bond donors (Lipinski definition) is 2. The van der Waals surface area contributed by atoms with Crippen LogP contribution in [-0.4, -0.2) is 17.1 Å². The molecular weight excluding hydrogens is 392 g/mol. The van der Waals surface area contributed by atoms with Crippen LogP contribution >= 0.6 is 0 Å². The molecule has 1 aliphatic heterocycles. The number of nitriles is 1. The lowest BCUT2D eigenvalue weighted by Crippen LogP contribution is -2.53. The summed E-state index contributed by atoms with van der Waals surface area (Å²) in [5.41, 5.74) is 12.2. The Morgan fingerprint density at radius 2 is 1.88 bits per heavy atom. The Bertz CT molecular complexity index is 906. The average Bonchev–Trinajstić information content (AvgIpc) is 3.23. The largest absolute Gasteiger partial charge is 0.259 e. The quantitative estimate of drug-likeness (QED) is 0.563. The highest BCUT2D eigenvalue weighted by Crippen LogP contribution is 2.44. The zero-order valence-corrected chi connectivity index (χ0v) is 20.4. The van der Waals surface area contributed by atoms with E-state index in [4.69, 9.17) is 0 Å². The van der Waals surface area contributed by atoms with Crippen molar-refractivity contribution >= 4 is 0 Å². The van der Waals surface area contributed by atoms with Crippen molar-refractivity contribution in [3.63, 3.8) is 0 Å². The van der Waals surface area contributed by atoms with Gasteiger partial charge in [0.2, 0.25) is 0 Å². The summed E-state index contributed by atoms with van der Waals surface area (Å²) in [5.74, 6) is 2.37. The van der Waals surface area contributed by atoms with Crippen LogP contribution in [0, 0.1) is 41.9 Å². The van der Waals surface area contributed by atoms with Gasteiger partial charge in [-0.3, -0.25) is 4.90 Å². The zero-order valence-electron chi connectivity index (χ0n) is 20.4. The Labute approximate surface area is 194 Å². The Hall–Kier alpha value is -1.93. The van der Waals surface area contributed by atoms with Crippen LogP contribution in [0.25, 0.3) is 0 Å². The molecule has 1 aromatic carbocycles. The summed E-state index contributed by atoms with van der Waals surface area (Å²) in [6.45, 7) is 11.7. The lowest BCUT2D eigenvalue weighted by atomic mass is 9.72. The summed E-state index contributed by atoms with van der Waals surface area (Å²) in [7, 11) is 0. The number of allylic oxidation sites excluding steroid dienone is 3. The molecule has 4 heteroatoms.